The van der Waals surface area contributed by atoms with Crippen LogP contribution in [0.5, 0.6) is 5.75 Å². The molecule has 6 heteroatoms. The van der Waals surface area contributed by atoms with E-state index >= 15 is 0 Å². The van der Waals surface area contributed by atoms with Crippen molar-refractivity contribution in [3.05, 3.63) is 26.9 Å². The van der Waals surface area contributed by atoms with Crippen molar-refractivity contribution in [2.75, 3.05) is 0 Å². The molecule has 0 amide bonds. The number of rotatable bonds is 1. The second-order valence-electron chi connectivity index (χ2n) is 3.28. The maximum absolute atomic E-state index is 10.9. The van der Waals surface area contributed by atoms with E-state index < -0.39 is 0 Å². The van der Waals surface area contributed by atoms with Crippen molar-refractivity contribution in [2.24, 2.45) is 0 Å². The SMILES string of the molecule is CC(=O)Oc1ccn2nc(C)c(Br)c2c1Br. The van der Waals surface area contributed by atoms with Gasteiger partial charge in [-0.2, -0.15) is 5.10 Å². The van der Waals surface area contributed by atoms with E-state index in [9.17, 15) is 4.79 Å². The molecule has 0 aromatic carbocycles. The van der Waals surface area contributed by atoms with Crippen LogP contribution in [0.4, 0.5) is 0 Å². The molecule has 0 radical (unpaired) electrons. The van der Waals surface area contributed by atoms with Gasteiger partial charge in [-0.15, -0.1) is 0 Å². The summed E-state index contributed by atoms with van der Waals surface area (Å²) in [5, 5.41) is 4.29. The summed E-state index contributed by atoms with van der Waals surface area (Å²) < 4.78 is 8.38. The van der Waals surface area contributed by atoms with E-state index in [4.69, 9.17) is 4.74 Å². The van der Waals surface area contributed by atoms with Crippen LogP contribution in [0.3, 0.4) is 0 Å². The number of nitrogens with zero attached hydrogens (tertiary/aromatic N) is 2. The highest BCUT2D eigenvalue weighted by Crippen LogP contribution is 2.34. The standard InChI is InChI=1S/C10H8Br2N2O2/c1-5-8(11)10-9(12)7(16-6(2)15)3-4-14(10)13-5/h3-4H,1-2H3. The van der Waals surface area contributed by atoms with Crippen LogP contribution in [0.1, 0.15) is 12.6 Å². The lowest BCUT2D eigenvalue weighted by Gasteiger charge is -2.05. The van der Waals surface area contributed by atoms with Crippen molar-refractivity contribution in [1.29, 1.82) is 0 Å². The third kappa shape index (κ3) is 1.87. The third-order valence-corrected chi connectivity index (χ3v) is 3.77. The Morgan fingerprint density at radius 3 is 2.75 bits per heavy atom. The monoisotopic (exact) mass is 346 g/mol. The molecule has 0 saturated carbocycles. The smallest absolute Gasteiger partial charge is 0.308 e. The molecule has 0 aliphatic rings. The molecule has 0 bridgehead atoms. The number of esters is 1. The number of carbonyl (C=O) groups is 1. The van der Waals surface area contributed by atoms with Gasteiger partial charge in [0.1, 0.15) is 5.75 Å². The third-order valence-electron chi connectivity index (χ3n) is 2.06. The highest BCUT2D eigenvalue weighted by atomic mass is 79.9. The quantitative estimate of drug-likeness (QED) is 0.744. The maximum atomic E-state index is 10.9. The Labute approximate surface area is 109 Å². The summed E-state index contributed by atoms with van der Waals surface area (Å²) in [6.07, 6.45) is 1.75. The van der Waals surface area contributed by atoms with Crippen LogP contribution in [-0.2, 0) is 4.79 Å². The molecule has 0 atom stereocenters. The Kier molecular flexibility index (Phi) is 3.03. The van der Waals surface area contributed by atoms with Crippen molar-refractivity contribution in [3.63, 3.8) is 0 Å². The van der Waals surface area contributed by atoms with E-state index in [2.05, 4.69) is 37.0 Å². The van der Waals surface area contributed by atoms with E-state index in [1.807, 2.05) is 6.92 Å². The lowest BCUT2D eigenvalue weighted by molar-refractivity contribution is -0.131. The molecule has 84 valence electrons. The number of aromatic nitrogens is 2. The lowest BCUT2D eigenvalue weighted by atomic mass is 10.3. The van der Waals surface area contributed by atoms with E-state index in [0.29, 0.717) is 10.2 Å². The molecule has 2 aromatic heterocycles. The van der Waals surface area contributed by atoms with Crippen molar-refractivity contribution in [3.8, 4) is 5.75 Å². The van der Waals surface area contributed by atoms with Crippen LogP contribution in [0.15, 0.2) is 21.2 Å². The molecule has 0 N–H and O–H groups in total. The summed E-state index contributed by atoms with van der Waals surface area (Å²) in [6, 6.07) is 1.69. The fourth-order valence-electron chi connectivity index (χ4n) is 1.39. The van der Waals surface area contributed by atoms with Gasteiger partial charge < -0.3 is 4.74 Å². The van der Waals surface area contributed by atoms with Crippen LogP contribution < -0.4 is 4.74 Å². The number of aryl methyl sites for hydroxylation is 1. The summed E-state index contributed by atoms with van der Waals surface area (Å²) >= 11 is 6.85. The summed E-state index contributed by atoms with van der Waals surface area (Å²) in [5.41, 5.74) is 1.72. The number of fused-ring (bicyclic) bond motifs is 1. The van der Waals surface area contributed by atoms with Crippen molar-refractivity contribution in [1.82, 2.24) is 9.61 Å². The minimum atomic E-state index is -0.350. The van der Waals surface area contributed by atoms with Crippen LogP contribution >= 0.6 is 31.9 Å². The molecule has 2 heterocycles. The first-order valence-corrected chi connectivity index (χ1v) is 6.10. The average molecular weight is 348 g/mol. The second-order valence-corrected chi connectivity index (χ2v) is 4.87. The van der Waals surface area contributed by atoms with Gasteiger partial charge >= 0.3 is 5.97 Å². The van der Waals surface area contributed by atoms with E-state index in [0.717, 1.165) is 15.7 Å². The first-order chi connectivity index (χ1) is 7.50. The number of ether oxygens (including phenoxy) is 1. The Balaban J connectivity index is 2.68. The number of hydrogen-bond acceptors (Lipinski definition) is 3. The Morgan fingerprint density at radius 2 is 2.12 bits per heavy atom. The highest BCUT2D eigenvalue weighted by Gasteiger charge is 2.14. The zero-order valence-corrected chi connectivity index (χ0v) is 11.8. The first-order valence-electron chi connectivity index (χ1n) is 4.52. The molecule has 0 aliphatic carbocycles. The molecule has 4 nitrogen and oxygen atoms in total. The molecule has 0 fully saturated rings. The van der Waals surface area contributed by atoms with Gasteiger partial charge in [0, 0.05) is 19.2 Å². The van der Waals surface area contributed by atoms with Gasteiger partial charge in [-0.1, -0.05) is 0 Å². The van der Waals surface area contributed by atoms with Crippen molar-refractivity contribution in [2.45, 2.75) is 13.8 Å². The average Bonchev–Trinajstić information content (AvgIpc) is 2.48. The van der Waals surface area contributed by atoms with Gasteiger partial charge in [0.15, 0.2) is 0 Å². The molecule has 16 heavy (non-hydrogen) atoms. The maximum Gasteiger partial charge on any atom is 0.308 e. The van der Waals surface area contributed by atoms with Gasteiger partial charge in [-0.25, -0.2) is 4.52 Å². The Hall–Kier alpha value is -0.880. The van der Waals surface area contributed by atoms with Crippen LogP contribution in [-0.4, -0.2) is 15.6 Å². The molecular weight excluding hydrogens is 340 g/mol. The largest absolute Gasteiger partial charge is 0.425 e. The molecule has 2 rings (SSSR count). The summed E-state index contributed by atoms with van der Waals surface area (Å²) in [7, 11) is 0. The lowest BCUT2D eigenvalue weighted by Crippen LogP contribution is -2.02. The zero-order valence-electron chi connectivity index (χ0n) is 8.62. The highest BCUT2D eigenvalue weighted by molar-refractivity contribution is 9.11. The summed E-state index contributed by atoms with van der Waals surface area (Å²) in [5.74, 6) is 0.137. The van der Waals surface area contributed by atoms with Crippen LogP contribution in [0.25, 0.3) is 5.52 Å². The predicted octanol–water partition coefficient (Wildman–Crippen LogP) is 3.09. The Morgan fingerprint density at radius 1 is 1.44 bits per heavy atom. The molecule has 2 aromatic rings. The first kappa shape index (κ1) is 11.6. The number of halogens is 2. The van der Waals surface area contributed by atoms with Gasteiger partial charge in [-0.3, -0.25) is 4.79 Å². The number of carbonyl (C=O) groups excluding carboxylic acids is 1. The van der Waals surface area contributed by atoms with Crippen molar-refractivity contribution >= 4 is 43.3 Å². The second kappa shape index (κ2) is 4.18. The van der Waals surface area contributed by atoms with Crippen LogP contribution in [0, 0.1) is 6.92 Å². The van der Waals surface area contributed by atoms with Gasteiger partial charge in [0.05, 0.1) is 20.2 Å². The molecule has 0 aliphatic heterocycles. The number of pyridine rings is 1. The zero-order chi connectivity index (χ0) is 11.9. The minimum Gasteiger partial charge on any atom is -0.425 e. The van der Waals surface area contributed by atoms with Gasteiger partial charge in [0.2, 0.25) is 0 Å². The molecular formula is C10H8Br2N2O2. The van der Waals surface area contributed by atoms with Crippen LogP contribution in [0.2, 0.25) is 0 Å². The van der Waals surface area contributed by atoms with E-state index in [1.54, 1.807) is 16.8 Å². The molecule has 0 spiro atoms. The topological polar surface area (TPSA) is 43.6 Å². The van der Waals surface area contributed by atoms with Gasteiger partial charge in [0.25, 0.3) is 0 Å². The van der Waals surface area contributed by atoms with Crippen molar-refractivity contribution < 1.29 is 9.53 Å². The number of hydrogen-bond donors (Lipinski definition) is 0. The minimum absolute atomic E-state index is 0.350. The predicted molar refractivity (Wildman–Crippen MR) is 66.6 cm³/mol. The fourth-order valence-corrected chi connectivity index (χ4v) is 2.71. The molecule has 0 saturated heterocycles. The van der Waals surface area contributed by atoms with E-state index in [1.165, 1.54) is 6.92 Å². The Bertz CT molecular complexity index is 578. The van der Waals surface area contributed by atoms with Gasteiger partial charge in [-0.05, 0) is 38.8 Å². The van der Waals surface area contributed by atoms with E-state index in [-0.39, 0.29) is 5.97 Å². The molecule has 0 unspecified atom stereocenters. The summed E-state index contributed by atoms with van der Waals surface area (Å²) in [4.78, 5) is 10.9. The normalized spacial score (nSPS) is 10.8. The summed E-state index contributed by atoms with van der Waals surface area (Å²) in [6.45, 7) is 3.27. The fraction of sp³-hybridized carbons (Fsp3) is 0.200.